The summed E-state index contributed by atoms with van der Waals surface area (Å²) in [6.07, 6.45) is 0. The summed E-state index contributed by atoms with van der Waals surface area (Å²) < 4.78 is 26.8. The Balaban J connectivity index is 2.05. The molecule has 0 amide bonds. The summed E-state index contributed by atoms with van der Waals surface area (Å²) in [5.74, 6) is 0.233. The number of fused-ring (bicyclic) bond motifs is 1. The largest absolute Gasteiger partial charge is 0.431 e. The van der Waals surface area contributed by atoms with Gasteiger partial charge in [-0.3, -0.25) is 0 Å². The van der Waals surface area contributed by atoms with Gasteiger partial charge in [0.15, 0.2) is 5.58 Å². The smallest absolute Gasteiger partial charge is 0.256 e. The molecule has 0 aliphatic heterocycles. The number of rotatable bonds is 4. The maximum absolute atomic E-state index is 10.7. The van der Waals surface area contributed by atoms with Gasteiger partial charge in [0.25, 0.3) is 5.22 Å². The van der Waals surface area contributed by atoms with Crippen molar-refractivity contribution in [1.29, 1.82) is 0 Å². The van der Waals surface area contributed by atoms with E-state index in [4.69, 9.17) is 15.1 Å². The SMILES string of the molecule is O=S(=O)(Cl)CCSc1nc2ccccc2o1. The fraction of sp³-hybridized carbons (Fsp3) is 0.222. The highest BCUT2D eigenvalue weighted by Gasteiger charge is 2.09. The highest BCUT2D eigenvalue weighted by molar-refractivity contribution is 8.14. The molecular weight excluding hydrogens is 270 g/mol. The Labute approximate surface area is 101 Å². The first-order valence-electron chi connectivity index (χ1n) is 4.45. The summed E-state index contributed by atoms with van der Waals surface area (Å²) in [7, 11) is 1.64. The Morgan fingerprint density at radius 2 is 2.12 bits per heavy atom. The van der Waals surface area contributed by atoms with E-state index in [0.717, 1.165) is 5.52 Å². The third-order valence-corrected chi connectivity index (χ3v) is 4.07. The minimum atomic E-state index is -3.44. The molecule has 0 radical (unpaired) electrons. The van der Waals surface area contributed by atoms with Crippen LogP contribution < -0.4 is 0 Å². The first-order valence-corrected chi connectivity index (χ1v) is 7.92. The van der Waals surface area contributed by atoms with Gasteiger partial charge >= 0.3 is 0 Å². The molecule has 0 N–H and O–H groups in total. The van der Waals surface area contributed by atoms with Gasteiger partial charge in [-0.05, 0) is 12.1 Å². The molecule has 16 heavy (non-hydrogen) atoms. The molecule has 1 aromatic carbocycles. The average molecular weight is 278 g/mol. The molecule has 0 spiro atoms. The monoisotopic (exact) mass is 277 g/mol. The van der Waals surface area contributed by atoms with Crippen molar-refractivity contribution in [3.05, 3.63) is 24.3 Å². The molecule has 86 valence electrons. The fourth-order valence-electron chi connectivity index (χ4n) is 1.14. The van der Waals surface area contributed by atoms with E-state index in [9.17, 15) is 8.42 Å². The molecule has 0 atom stereocenters. The van der Waals surface area contributed by atoms with E-state index in [1.165, 1.54) is 11.8 Å². The number of aromatic nitrogens is 1. The van der Waals surface area contributed by atoms with Gasteiger partial charge in [0.05, 0.1) is 5.75 Å². The van der Waals surface area contributed by atoms with Crippen molar-refractivity contribution in [3.8, 4) is 0 Å². The fourth-order valence-corrected chi connectivity index (χ4v) is 3.32. The van der Waals surface area contributed by atoms with Crippen LogP contribution in [0.15, 0.2) is 33.9 Å². The van der Waals surface area contributed by atoms with E-state index in [1.807, 2.05) is 24.3 Å². The van der Waals surface area contributed by atoms with Crippen molar-refractivity contribution in [3.63, 3.8) is 0 Å². The van der Waals surface area contributed by atoms with Crippen LogP contribution in [0, 0.1) is 0 Å². The Morgan fingerprint density at radius 1 is 1.38 bits per heavy atom. The molecular formula is C9H8ClNO3S2. The normalized spacial score (nSPS) is 12.1. The van der Waals surface area contributed by atoms with Crippen molar-refractivity contribution in [2.24, 2.45) is 0 Å². The third-order valence-electron chi connectivity index (χ3n) is 1.83. The zero-order chi connectivity index (χ0) is 11.6. The van der Waals surface area contributed by atoms with Crippen molar-refractivity contribution in [1.82, 2.24) is 4.98 Å². The standard InChI is InChI=1S/C9H8ClNO3S2/c10-16(12,13)6-5-15-9-11-7-3-1-2-4-8(7)14-9/h1-4H,5-6H2. The third kappa shape index (κ3) is 3.13. The van der Waals surface area contributed by atoms with Gasteiger partial charge in [0.1, 0.15) is 5.52 Å². The maximum atomic E-state index is 10.7. The molecule has 1 aromatic heterocycles. The van der Waals surface area contributed by atoms with E-state index in [2.05, 4.69) is 4.98 Å². The minimum Gasteiger partial charge on any atom is -0.431 e. The minimum absolute atomic E-state index is 0.0993. The number of benzene rings is 1. The summed E-state index contributed by atoms with van der Waals surface area (Å²) in [5.41, 5.74) is 1.46. The molecule has 7 heteroatoms. The lowest BCUT2D eigenvalue weighted by Crippen LogP contribution is -1.99. The maximum Gasteiger partial charge on any atom is 0.256 e. The predicted octanol–water partition coefficient (Wildman–Crippen LogP) is 2.49. The zero-order valence-electron chi connectivity index (χ0n) is 8.09. The highest BCUT2D eigenvalue weighted by Crippen LogP contribution is 2.23. The van der Waals surface area contributed by atoms with Crippen molar-refractivity contribution >= 4 is 42.6 Å². The highest BCUT2D eigenvalue weighted by atomic mass is 35.7. The van der Waals surface area contributed by atoms with Crippen LogP contribution in [0.25, 0.3) is 11.1 Å². The summed E-state index contributed by atoms with van der Waals surface area (Å²) in [6, 6.07) is 7.36. The molecule has 0 bridgehead atoms. The van der Waals surface area contributed by atoms with Crippen molar-refractivity contribution in [2.45, 2.75) is 5.22 Å². The Morgan fingerprint density at radius 3 is 2.81 bits per heavy atom. The van der Waals surface area contributed by atoms with Crippen molar-refractivity contribution < 1.29 is 12.8 Å². The molecule has 2 rings (SSSR count). The lowest BCUT2D eigenvalue weighted by molar-refractivity contribution is 0.489. The van der Waals surface area contributed by atoms with Crippen molar-refractivity contribution in [2.75, 3.05) is 11.5 Å². The summed E-state index contributed by atoms with van der Waals surface area (Å²) in [6.45, 7) is 0. The van der Waals surface area contributed by atoms with Gasteiger partial charge < -0.3 is 4.42 Å². The molecule has 0 saturated carbocycles. The van der Waals surface area contributed by atoms with Crippen LogP contribution in [-0.2, 0) is 9.05 Å². The van der Waals surface area contributed by atoms with Crippen LogP contribution in [0.3, 0.4) is 0 Å². The predicted molar refractivity (Wildman–Crippen MR) is 64.4 cm³/mol. The molecule has 0 unspecified atom stereocenters. The number of hydrogen-bond acceptors (Lipinski definition) is 5. The first-order chi connectivity index (χ1) is 7.54. The van der Waals surface area contributed by atoms with Gasteiger partial charge in [0.2, 0.25) is 9.05 Å². The number of halogens is 1. The molecule has 1 heterocycles. The molecule has 4 nitrogen and oxygen atoms in total. The Hall–Kier alpha value is -0.720. The lowest BCUT2D eigenvalue weighted by atomic mass is 10.3. The first kappa shape index (κ1) is 11.8. The number of thioether (sulfide) groups is 1. The molecule has 0 aliphatic rings. The Kier molecular flexibility index (Phi) is 3.41. The quantitative estimate of drug-likeness (QED) is 0.635. The van der Waals surface area contributed by atoms with Crippen LogP contribution in [0.5, 0.6) is 0 Å². The van der Waals surface area contributed by atoms with Crippen LogP contribution >= 0.6 is 22.4 Å². The summed E-state index contributed by atoms with van der Waals surface area (Å²) in [4.78, 5) is 4.19. The average Bonchev–Trinajstić information content (AvgIpc) is 2.57. The van der Waals surface area contributed by atoms with Gasteiger partial charge in [-0.1, -0.05) is 23.9 Å². The zero-order valence-corrected chi connectivity index (χ0v) is 10.5. The second-order valence-electron chi connectivity index (χ2n) is 3.04. The van der Waals surface area contributed by atoms with E-state index < -0.39 is 9.05 Å². The van der Waals surface area contributed by atoms with Gasteiger partial charge in [0, 0.05) is 16.4 Å². The van der Waals surface area contributed by atoms with Gasteiger partial charge in [-0.25, -0.2) is 13.4 Å². The summed E-state index contributed by atoms with van der Waals surface area (Å²) >= 11 is 1.23. The number of oxazole rings is 1. The number of nitrogens with zero attached hydrogens (tertiary/aromatic N) is 1. The second-order valence-corrected chi connectivity index (χ2v) is 6.98. The van der Waals surface area contributed by atoms with Crippen LogP contribution in [0.4, 0.5) is 0 Å². The van der Waals surface area contributed by atoms with Crippen LogP contribution in [0.1, 0.15) is 0 Å². The molecule has 0 saturated heterocycles. The van der Waals surface area contributed by atoms with E-state index >= 15 is 0 Å². The lowest BCUT2D eigenvalue weighted by Gasteiger charge is -1.92. The molecule has 0 aliphatic carbocycles. The second kappa shape index (κ2) is 4.65. The van der Waals surface area contributed by atoms with Crippen LogP contribution in [-0.4, -0.2) is 24.9 Å². The topological polar surface area (TPSA) is 60.2 Å². The van der Waals surface area contributed by atoms with E-state index in [-0.39, 0.29) is 5.75 Å². The molecule has 2 aromatic rings. The van der Waals surface area contributed by atoms with Gasteiger partial charge in [-0.15, -0.1) is 0 Å². The summed E-state index contributed by atoms with van der Waals surface area (Å²) in [5, 5.41) is 0.460. The number of hydrogen-bond donors (Lipinski definition) is 0. The Bertz CT molecular complexity index is 561. The number of para-hydroxylation sites is 2. The van der Waals surface area contributed by atoms with Crippen LogP contribution in [0.2, 0.25) is 0 Å². The van der Waals surface area contributed by atoms with E-state index in [0.29, 0.717) is 16.6 Å². The van der Waals surface area contributed by atoms with Gasteiger partial charge in [-0.2, -0.15) is 0 Å². The van der Waals surface area contributed by atoms with E-state index in [1.54, 1.807) is 0 Å². The molecule has 0 fully saturated rings.